The molecule has 0 spiro atoms. The third-order valence-corrected chi connectivity index (χ3v) is 7.23. The molecule has 0 bridgehead atoms. The molecule has 0 unspecified atom stereocenters. The Morgan fingerprint density at radius 1 is 0.569 bits per heavy atom. The third-order valence-electron chi connectivity index (χ3n) is 7.23. The van der Waals surface area contributed by atoms with E-state index in [-0.39, 0.29) is 50.0 Å². The lowest BCUT2D eigenvalue weighted by molar-refractivity contribution is -0.141. The highest BCUT2D eigenvalue weighted by Crippen LogP contribution is 2.12. The Kier molecular flexibility index (Phi) is 16.3. The van der Waals surface area contributed by atoms with Crippen molar-refractivity contribution in [2.45, 2.75) is 62.7 Å². The van der Waals surface area contributed by atoms with Crippen molar-refractivity contribution in [2.24, 2.45) is 17.2 Å². The quantitative estimate of drug-likeness (QED) is 0.0600. The molecular formula is C32H42N8O11. The molecule has 51 heavy (non-hydrogen) atoms. The van der Waals surface area contributed by atoms with Crippen molar-refractivity contribution >= 4 is 47.3 Å². The summed E-state index contributed by atoms with van der Waals surface area (Å²) < 4.78 is 0. The molecule has 0 radical (unpaired) electrons. The Morgan fingerprint density at radius 2 is 1.02 bits per heavy atom. The van der Waals surface area contributed by atoms with E-state index in [0.29, 0.717) is 11.1 Å². The van der Waals surface area contributed by atoms with Crippen LogP contribution in [0.5, 0.6) is 11.5 Å². The van der Waals surface area contributed by atoms with Crippen LogP contribution in [0.1, 0.15) is 36.8 Å². The maximum atomic E-state index is 13.2. The molecule has 19 nitrogen and oxygen atoms in total. The lowest BCUT2D eigenvalue weighted by Gasteiger charge is -2.24. The number of primary amides is 2. The summed E-state index contributed by atoms with van der Waals surface area (Å²) in [5.41, 5.74) is 17.5. The summed E-state index contributed by atoms with van der Waals surface area (Å²) in [5.74, 6) is -7.31. The molecule has 0 aromatic heterocycles. The van der Waals surface area contributed by atoms with Gasteiger partial charge in [0.05, 0.1) is 19.1 Å². The van der Waals surface area contributed by atoms with Crippen LogP contribution in [0.15, 0.2) is 48.5 Å². The fraction of sp³-hybridized carbons (Fsp3) is 0.375. The summed E-state index contributed by atoms with van der Waals surface area (Å²) in [5, 5.41) is 39.8. The molecule has 0 aliphatic carbocycles. The number of amides is 7. The Hall–Kier alpha value is -6.24. The van der Waals surface area contributed by atoms with Crippen LogP contribution in [0.3, 0.4) is 0 Å². The van der Waals surface area contributed by atoms with Gasteiger partial charge in [-0.1, -0.05) is 24.3 Å². The number of nitrogens with one attached hydrogen (secondary N) is 5. The number of phenols is 2. The first-order valence-electron chi connectivity index (χ1n) is 15.6. The maximum absolute atomic E-state index is 13.2. The second kappa shape index (κ2) is 20.3. The minimum Gasteiger partial charge on any atom is -0.508 e. The number of aromatic hydroxyl groups is 2. The van der Waals surface area contributed by atoms with Crippen LogP contribution >= 0.6 is 0 Å². The predicted octanol–water partition coefficient (Wildman–Crippen LogP) is -3.49. The molecule has 0 fully saturated rings. The van der Waals surface area contributed by atoms with E-state index in [1.165, 1.54) is 36.4 Å². The molecule has 2 aromatic carbocycles. The van der Waals surface area contributed by atoms with Crippen LogP contribution in [0.25, 0.3) is 0 Å². The first-order valence-corrected chi connectivity index (χ1v) is 15.6. The summed E-state index contributed by atoms with van der Waals surface area (Å²) in [4.78, 5) is 98.3. The number of rotatable bonds is 21. The number of carbonyl (C=O) groups excluding carboxylic acids is 7. The molecule has 4 atom stereocenters. The van der Waals surface area contributed by atoms with E-state index < -0.39 is 84.6 Å². The molecule has 2 aromatic rings. The van der Waals surface area contributed by atoms with E-state index in [4.69, 9.17) is 17.2 Å². The van der Waals surface area contributed by atoms with Gasteiger partial charge in [-0.2, -0.15) is 0 Å². The number of hydrogen-bond donors (Lipinski definition) is 11. The second-order valence-electron chi connectivity index (χ2n) is 11.4. The maximum Gasteiger partial charge on any atom is 0.326 e. The second-order valence-corrected chi connectivity index (χ2v) is 11.4. The number of aliphatic carboxylic acids is 1. The average Bonchev–Trinajstić information content (AvgIpc) is 3.07. The first kappa shape index (κ1) is 40.9. The van der Waals surface area contributed by atoms with E-state index in [1.807, 2.05) is 0 Å². The number of hydrogen-bond acceptors (Lipinski definition) is 11. The summed E-state index contributed by atoms with van der Waals surface area (Å²) in [6.07, 6.45) is -1.36. The van der Waals surface area contributed by atoms with Crippen LogP contribution in [0, 0.1) is 0 Å². The van der Waals surface area contributed by atoms with E-state index in [1.54, 1.807) is 12.1 Å². The number of phenolic OH excluding ortho intramolecular Hbond substituents is 2. The molecule has 14 N–H and O–H groups in total. The van der Waals surface area contributed by atoms with Gasteiger partial charge >= 0.3 is 5.97 Å². The van der Waals surface area contributed by atoms with Gasteiger partial charge in [-0.25, -0.2) is 4.79 Å². The number of nitrogens with two attached hydrogens (primary N) is 3. The van der Waals surface area contributed by atoms with Gasteiger partial charge in [0.25, 0.3) is 0 Å². The SMILES string of the molecule is NC(=O)CC[C@H](NC(=O)[C@H](CCC(N)=O)NC(=O)[C@@H](N)Cc1ccc(O)cc1)C(=O)NCC(=O)NCC(=O)N[C@@H](Cc1ccc(O)cc1)C(=O)O. The van der Waals surface area contributed by atoms with Crippen molar-refractivity contribution in [3.05, 3.63) is 59.7 Å². The molecular weight excluding hydrogens is 672 g/mol. The first-order chi connectivity index (χ1) is 24.0. The molecule has 19 heteroatoms. The van der Waals surface area contributed by atoms with Crippen LogP contribution in [0.4, 0.5) is 0 Å². The molecule has 0 heterocycles. The van der Waals surface area contributed by atoms with Gasteiger partial charge in [0, 0.05) is 19.3 Å². The van der Waals surface area contributed by atoms with Crippen LogP contribution < -0.4 is 43.8 Å². The van der Waals surface area contributed by atoms with Gasteiger partial charge in [-0.15, -0.1) is 0 Å². The lowest BCUT2D eigenvalue weighted by Crippen LogP contribution is -2.56. The van der Waals surface area contributed by atoms with Gasteiger partial charge in [0.1, 0.15) is 29.6 Å². The molecule has 0 aliphatic rings. The van der Waals surface area contributed by atoms with Gasteiger partial charge in [-0.05, 0) is 54.7 Å². The van der Waals surface area contributed by atoms with Gasteiger partial charge in [-0.3, -0.25) is 33.6 Å². The minimum atomic E-state index is -1.45. The smallest absolute Gasteiger partial charge is 0.326 e. The van der Waals surface area contributed by atoms with Crippen LogP contribution in [0.2, 0.25) is 0 Å². The number of carboxylic acids is 1. The van der Waals surface area contributed by atoms with Crippen molar-refractivity contribution in [3.8, 4) is 11.5 Å². The Balaban J connectivity index is 1.98. The molecule has 0 saturated heterocycles. The van der Waals surface area contributed by atoms with Crippen molar-refractivity contribution in [2.75, 3.05) is 13.1 Å². The number of carbonyl (C=O) groups is 8. The minimum absolute atomic E-state index is 0.00728. The summed E-state index contributed by atoms with van der Waals surface area (Å²) in [6.45, 7) is -1.34. The topological polar surface area (TPSA) is 335 Å². The summed E-state index contributed by atoms with van der Waals surface area (Å²) >= 11 is 0. The monoisotopic (exact) mass is 714 g/mol. The molecule has 2 rings (SSSR count). The van der Waals surface area contributed by atoms with Crippen molar-refractivity contribution < 1.29 is 53.7 Å². The normalized spacial score (nSPS) is 13.0. The van der Waals surface area contributed by atoms with Gasteiger partial charge in [0.15, 0.2) is 0 Å². The predicted molar refractivity (Wildman–Crippen MR) is 178 cm³/mol. The van der Waals surface area contributed by atoms with Crippen LogP contribution in [-0.4, -0.2) is 99.9 Å². The van der Waals surface area contributed by atoms with Crippen LogP contribution in [-0.2, 0) is 51.2 Å². The largest absolute Gasteiger partial charge is 0.508 e. The summed E-state index contributed by atoms with van der Waals surface area (Å²) in [7, 11) is 0. The molecule has 0 aliphatic heterocycles. The molecule has 276 valence electrons. The zero-order chi connectivity index (χ0) is 38.1. The van der Waals surface area contributed by atoms with E-state index in [0.717, 1.165) is 0 Å². The standard InChI is InChI=1S/C32H42N8O11/c33-21(13-17-1-5-19(41)6-2-17)29(47)39-23(10-12-26(35)44)31(49)40-22(9-11-25(34)43)30(48)37-15-27(45)36-16-28(46)38-24(32(50)51)14-18-3-7-20(42)8-4-18/h1-8,21-24,41-42H,9-16,33H2,(H2,34,43)(H2,35,44)(H,36,45)(H,37,48)(H,38,46)(H,39,47)(H,40,49)(H,50,51)/t21-,22-,23-,24-/m0/s1. The Morgan fingerprint density at radius 3 is 1.51 bits per heavy atom. The fourth-order valence-electron chi connectivity index (χ4n) is 4.49. The highest BCUT2D eigenvalue weighted by Gasteiger charge is 2.29. The van der Waals surface area contributed by atoms with Crippen molar-refractivity contribution in [3.63, 3.8) is 0 Å². The lowest BCUT2D eigenvalue weighted by atomic mass is 10.0. The Labute approximate surface area is 291 Å². The highest BCUT2D eigenvalue weighted by atomic mass is 16.4. The van der Waals surface area contributed by atoms with Crippen molar-refractivity contribution in [1.29, 1.82) is 0 Å². The van der Waals surface area contributed by atoms with Gasteiger partial charge < -0.3 is 59.1 Å². The zero-order valence-electron chi connectivity index (χ0n) is 27.4. The van der Waals surface area contributed by atoms with Crippen molar-refractivity contribution in [1.82, 2.24) is 26.6 Å². The van der Waals surface area contributed by atoms with E-state index >= 15 is 0 Å². The molecule has 7 amide bonds. The Bertz CT molecular complexity index is 1570. The number of benzene rings is 2. The number of carboxylic acid groups (broad SMARTS) is 1. The summed E-state index contributed by atoms with van der Waals surface area (Å²) in [6, 6.07) is 6.23. The molecule has 0 saturated carbocycles. The van der Waals surface area contributed by atoms with E-state index in [2.05, 4.69) is 26.6 Å². The fourth-order valence-corrected chi connectivity index (χ4v) is 4.49. The van der Waals surface area contributed by atoms with Gasteiger partial charge in [0.2, 0.25) is 41.4 Å². The third kappa shape index (κ3) is 15.7. The average molecular weight is 715 g/mol. The highest BCUT2D eigenvalue weighted by molar-refractivity contribution is 5.95. The van der Waals surface area contributed by atoms with E-state index in [9.17, 15) is 53.7 Å². The zero-order valence-corrected chi connectivity index (χ0v) is 27.4.